The Bertz CT molecular complexity index is 137. The van der Waals surface area contributed by atoms with Crippen molar-refractivity contribution in [1.82, 2.24) is 5.32 Å². The molecule has 0 heterocycles. The Hall–Kier alpha value is -0.570. The number of carbonyl (C=O) groups is 1. The van der Waals surface area contributed by atoms with Gasteiger partial charge < -0.3 is 11.1 Å². The van der Waals surface area contributed by atoms with Gasteiger partial charge in [0.05, 0.1) is 6.54 Å². The number of nitrogens with two attached hydrogens (primary N) is 1. The number of hydrogen-bond acceptors (Lipinski definition) is 2. The van der Waals surface area contributed by atoms with Gasteiger partial charge in [-0.3, -0.25) is 4.79 Å². The number of nitrogens with one attached hydrogen (secondary N) is 1. The summed E-state index contributed by atoms with van der Waals surface area (Å²) in [6.07, 6.45) is 4.78. The van der Waals surface area contributed by atoms with Gasteiger partial charge in [0.1, 0.15) is 0 Å². The zero-order valence-corrected chi connectivity index (χ0v) is 8.81. The van der Waals surface area contributed by atoms with Gasteiger partial charge in [-0.15, -0.1) is 0 Å². The lowest BCUT2D eigenvalue weighted by molar-refractivity contribution is -0.119. The molecule has 0 fully saturated rings. The SMILES string of the molecule is CCCC(C)CCCNC(=O)CN. The van der Waals surface area contributed by atoms with Gasteiger partial charge in [-0.2, -0.15) is 0 Å². The van der Waals surface area contributed by atoms with E-state index in [1.807, 2.05) is 0 Å². The third-order valence-corrected chi connectivity index (χ3v) is 2.16. The highest BCUT2D eigenvalue weighted by Gasteiger charge is 2.00. The Labute approximate surface area is 81.1 Å². The van der Waals surface area contributed by atoms with Crippen LogP contribution in [-0.4, -0.2) is 19.0 Å². The zero-order valence-electron chi connectivity index (χ0n) is 8.81. The first-order valence-corrected chi connectivity index (χ1v) is 5.17. The summed E-state index contributed by atoms with van der Waals surface area (Å²) < 4.78 is 0. The van der Waals surface area contributed by atoms with Crippen molar-refractivity contribution in [1.29, 1.82) is 0 Å². The number of carbonyl (C=O) groups excluding carboxylic acids is 1. The molecule has 0 aliphatic heterocycles. The maximum Gasteiger partial charge on any atom is 0.233 e. The molecule has 3 nitrogen and oxygen atoms in total. The van der Waals surface area contributed by atoms with E-state index in [9.17, 15) is 4.79 Å². The van der Waals surface area contributed by atoms with Gasteiger partial charge in [-0.1, -0.05) is 26.7 Å². The first kappa shape index (κ1) is 12.4. The van der Waals surface area contributed by atoms with Crippen molar-refractivity contribution in [3.63, 3.8) is 0 Å². The summed E-state index contributed by atoms with van der Waals surface area (Å²) in [5.74, 6) is 0.725. The molecule has 78 valence electrons. The van der Waals surface area contributed by atoms with Crippen molar-refractivity contribution in [2.75, 3.05) is 13.1 Å². The van der Waals surface area contributed by atoms with Crippen LogP contribution < -0.4 is 11.1 Å². The normalized spacial score (nSPS) is 12.5. The van der Waals surface area contributed by atoms with Crippen molar-refractivity contribution in [2.24, 2.45) is 11.7 Å². The van der Waals surface area contributed by atoms with Crippen LogP contribution in [0.2, 0.25) is 0 Å². The highest BCUT2D eigenvalue weighted by Crippen LogP contribution is 2.11. The fourth-order valence-electron chi connectivity index (χ4n) is 1.39. The molecule has 3 heteroatoms. The number of hydrogen-bond donors (Lipinski definition) is 2. The van der Waals surface area contributed by atoms with Crippen LogP contribution in [0.25, 0.3) is 0 Å². The van der Waals surface area contributed by atoms with Gasteiger partial charge in [0.15, 0.2) is 0 Å². The van der Waals surface area contributed by atoms with E-state index in [1.165, 1.54) is 19.3 Å². The monoisotopic (exact) mass is 186 g/mol. The van der Waals surface area contributed by atoms with Gasteiger partial charge in [0, 0.05) is 6.54 Å². The second kappa shape index (κ2) is 8.05. The minimum atomic E-state index is -0.0526. The highest BCUT2D eigenvalue weighted by atomic mass is 16.1. The minimum absolute atomic E-state index is 0.0526. The molecule has 0 rings (SSSR count). The molecule has 0 spiro atoms. The van der Waals surface area contributed by atoms with Crippen molar-refractivity contribution in [2.45, 2.75) is 39.5 Å². The van der Waals surface area contributed by atoms with Crippen LogP contribution in [0.4, 0.5) is 0 Å². The van der Waals surface area contributed by atoms with Gasteiger partial charge in [0.2, 0.25) is 5.91 Å². The van der Waals surface area contributed by atoms with Gasteiger partial charge in [-0.05, 0) is 18.8 Å². The summed E-state index contributed by atoms with van der Waals surface area (Å²) in [7, 11) is 0. The second-order valence-electron chi connectivity index (χ2n) is 3.59. The highest BCUT2D eigenvalue weighted by molar-refractivity contribution is 5.77. The van der Waals surface area contributed by atoms with Crippen LogP contribution in [0.3, 0.4) is 0 Å². The van der Waals surface area contributed by atoms with Crippen molar-refractivity contribution >= 4 is 5.91 Å². The van der Waals surface area contributed by atoms with Crippen LogP contribution in [0, 0.1) is 5.92 Å². The predicted octanol–water partition coefficient (Wildman–Crippen LogP) is 1.28. The molecule has 0 radical (unpaired) electrons. The quantitative estimate of drug-likeness (QED) is 0.588. The Balaban J connectivity index is 3.20. The van der Waals surface area contributed by atoms with E-state index in [0.717, 1.165) is 18.9 Å². The summed E-state index contributed by atoms with van der Waals surface area (Å²) in [4.78, 5) is 10.7. The van der Waals surface area contributed by atoms with Crippen LogP contribution in [0.5, 0.6) is 0 Å². The lowest BCUT2D eigenvalue weighted by Crippen LogP contribution is -2.31. The van der Waals surface area contributed by atoms with Crippen molar-refractivity contribution in [3.05, 3.63) is 0 Å². The first-order valence-electron chi connectivity index (χ1n) is 5.17. The molecule has 0 bridgehead atoms. The molecular weight excluding hydrogens is 164 g/mol. The summed E-state index contributed by atoms with van der Waals surface area (Å²) in [6.45, 7) is 5.33. The maximum absolute atomic E-state index is 10.7. The molecule has 1 amide bonds. The smallest absolute Gasteiger partial charge is 0.233 e. The summed E-state index contributed by atoms with van der Waals surface area (Å²) in [5, 5.41) is 2.77. The average Bonchev–Trinajstić information content (AvgIpc) is 2.12. The molecule has 0 aromatic heterocycles. The Kier molecular flexibility index (Phi) is 7.69. The molecule has 0 aromatic rings. The molecular formula is C10H22N2O. The molecule has 3 N–H and O–H groups in total. The van der Waals surface area contributed by atoms with Crippen molar-refractivity contribution < 1.29 is 4.79 Å². The summed E-state index contributed by atoms with van der Waals surface area (Å²) in [6, 6.07) is 0. The lowest BCUT2D eigenvalue weighted by Gasteiger charge is -2.09. The van der Waals surface area contributed by atoms with E-state index in [0.29, 0.717) is 0 Å². The van der Waals surface area contributed by atoms with Gasteiger partial charge in [-0.25, -0.2) is 0 Å². The van der Waals surface area contributed by atoms with Crippen LogP contribution in [-0.2, 0) is 4.79 Å². The van der Waals surface area contributed by atoms with Crippen molar-refractivity contribution in [3.8, 4) is 0 Å². The maximum atomic E-state index is 10.7. The molecule has 0 saturated heterocycles. The Morgan fingerprint density at radius 3 is 2.69 bits per heavy atom. The Morgan fingerprint density at radius 2 is 2.15 bits per heavy atom. The second-order valence-corrected chi connectivity index (χ2v) is 3.59. The number of rotatable bonds is 7. The molecule has 0 saturated carbocycles. The van der Waals surface area contributed by atoms with Crippen LogP contribution >= 0.6 is 0 Å². The standard InChI is InChI=1S/C10H22N2O/c1-3-5-9(2)6-4-7-12-10(13)8-11/h9H,3-8,11H2,1-2H3,(H,12,13). The van der Waals surface area contributed by atoms with E-state index in [-0.39, 0.29) is 12.5 Å². The lowest BCUT2D eigenvalue weighted by atomic mass is 10.0. The van der Waals surface area contributed by atoms with Gasteiger partial charge in [0.25, 0.3) is 0 Å². The fourth-order valence-corrected chi connectivity index (χ4v) is 1.39. The summed E-state index contributed by atoms with van der Waals surface area (Å²) >= 11 is 0. The molecule has 0 aliphatic carbocycles. The van der Waals surface area contributed by atoms with Crippen LogP contribution in [0.15, 0.2) is 0 Å². The number of amides is 1. The van der Waals surface area contributed by atoms with E-state index in [2.05, 4.69) is 19.2 Å². The molecule has 1 unspecified atom stereocenters. The average molecular weight is 186 g/mol. The van der Waals surface area contributed by atoms with Gasteiger partial charge >= 0.3 is 0 Å². The third-order valence-electron chi connectivity index (χ3n) is 2.16. The zero-order chi connectivity index (χ0) is 10.1. The topological polar surface area (TPSA) is 55.1 Å². The minimum Gasteiger partial charge on any atom is -0.355 e. The Morgan fingerprint density at radius 1 is 1.46 bits per heavy atom. The molecule has 1 atom stereocenters. The van der Waals surface area contributed by atoms with E-state index < -0.39 is 0 Å². The fraction of sp³-hybridized carbons (Fsp3) is 0.900. The summed E-state index contributed by atoms with van der Waals surface area (Å²) in [5.41, 5.74) is 5.15. The predicted molar refractivity (Wildman–Crippen MR) is 55.4 cm³/mol. The van der Waals surface area contributed by atoms with E-state index in [1.54, 1.807) is 0 Å². The van der Waals surface area contributed by atoms with Crippen LogP contribution in [0.1, 0.15) is 39.5 Å². The molecule has 0 aromatic carbocycles. The molecule has 0 aliphatic rings. The van der Waals surface area contributed by atoms with E-state index >= 15 is 0 Å². The molecule has 13 heavy (non-hydrogen) atoms. The third kappa shape index (κ3) is 7.78. The largest absolute Gasteiger partial charge is 0.355 e. The first-order chi connectivity index (χ1) is 6.20. The van der Waals surface area contributed by atoms with E-state index in [4.69, 9.17) is 5.73 Å².